The van der Waals surface area contributed by atoms with Crippen LogP contribution in [0, 0.1) is 0 Å². The lowest BCUT2D eigenvalue weighted by Crippen LogP contribution is -2.39. The molecule has 0 aliphatic carbocycles. The fraction of sp³-hybridized carbons (Fsp3) is 0.263. The summed E-state index contributed by atoms with van der Waals surface area (Å²) in [5.41, 5.74) is 0.776. The monoisotopic (exact) mass is 363 g/mol. The second-order valence-electron chi connectivity index (χ2n) is 5.53. The number of carboxylic acid groups (broad SMARTS) is 1. The van der Waals surface area contributed by atoms with Gasteiger partial charge in [-0.3, -0.25) is 4.90 Å². The largest absolute Gasteiger partial charge is 0.479 e. The summed E-state index contributed by atoms with van der Waals surface area (Å²) < 4.78 is 30.5. The molecule has 2 rings (SSSR count). The number of benzene rings is 2. The minimum atomic E-state index is -2.65. The standard InChI is InChI=1S/C19H19F2NO4/c1-2-22(19(25)26-12-13-6-4-3-5-7-13)16(18(23)24)14-8-10-15(11-9-14)17(20)21/h3-11,16-17H,2,12H2,1H3,(H,23,24). The normalized spacial score (nSPS) is 11.8. The maximum atomic E-state index is 12.7. The number of nitrogens with zero attached hydrogens (tertiary/aromatic N) is 1. The Morgan fingerprint density at radius 1 is 1.04 bits per heavy atom. The summed E-state index contributed by atoms with van der Waals surface area (Å²) >= 11 is 0. The Labute approximate surface area is 149 Å². The van der Waals surface area contributed by atoms with Crippen LogP contribution >= 0.6 is 0 Å². The van der Waals surface area contributed by atoms with Gasteiger partial charge in [-0.25, -0.2) is 18.4 Å². The number of rotatable bonds is 7. The first kappa shape index (κ1) is 19.4. The topological polar surface area (TPSA) is 66.8 Å². The Bertz CT molecular complexity index is 735. The molecule has 0 aromatic heterocycles. The third-order valence-electron chi connectivity index (χ3n) is 3.83. The number of hydrogen-bond donors (Lipinski definition) is 1. The van der Waals surface area contributed by atoms with Gasteiger partial charge in [0.05, 0.1) is 0 Å². The molecule has 1 atom stereocenters. The van der Waals surface area contributed by atoms with Gasteiger partial charge in [0.2, 0.25) is 0 Å². The van der Waals surface area contributed by atoms with Gasteiger partial charge < -0.3 is 9.84 Å². The number of likely N-dealkylation sites (N-methyl/N-ethyl adjacent to an activating group) is 1. The van der Waals surface area contributed by atoms with Gasteiger partial charge in [-0.1, -0.05) is 54.6 Å². The van der Waals surface area contributed by atoms with Crippen molar-refractivity contribution in [1.82, 2.24) is 4.90 Å². The van der Waals surface area contributed by atoms with Crippen molar-refractivity contribution in [2.45, 2.75) is 26.0 Å². The minimum Gasteiger partial charge on any atom is -0.479 e. The van der Waals surface area contributed by atoms with Crippen LogP contribution in [0.1, 0.15) is 36.1 Å². The fourth-order valence-corrected chi connectivity index (χ4v) is 2.50. The van der Waals surface area contributed by atoms with Crippen molar-refractivity contribution in [3.63, 3.8) is 0 Å². The Morgan fingerprint density at radius 2 is 1.62 bits per heavy atom. The van der Waals surface area contributed by atoms with E-state index in [1.165, 1.54) is 12.1 Å². The van der Waals surface area contributed by atoms with E-state index in [1.54, 1.807) is 31.2 Å². The predicted molar refractivity (Wildman–Crippen MR) is 90.8 cm³/mol. The Kier molecular flexibility index (Phi) is 6.66. The average molecular weight is 363 g/mol. The minimum absolute atomic E-state index is 0.00678. The molecule has 0 heterocycles. The Hall–Kier alpha value is -2.96. The second kappa shape index (κ2) is 8.94. The summed E-state index contributed by atoms with van der Waals surface area (Å²) in [5, 5.41) is 9.54. The van der Waals surface area contributed by atoms with Gasteiger partial charge in [0, 0.05) is 12.1 Å². The molecule has 26 heavy (non-hydrogen) atoms. The number of amides is 1. The zero-order valence-electron chi connectivity index (χ0n) is 14.1. The number of hydrogen-bond acceptors (Lipinski definition) is 3. The van der Waals surface area contributed by atoms with Gasteiger partial charge in [-0.15, -0.1) is 0 Å². The summed E-state index contributed by atoms with van der Waals surface area (Å²) in [7, 11) is 0. The van der Waals surface area contributed by atoms with Crippen LogP contribution in [0.25, 0.3) is 0 Å². The molecule has 0 saturated heterocycles. The van der Waals surface area contributed by atoms with Crippen LogP contribution in [0.15, 0.2) is 54.6 Å². The van der Waals surface area contributed by atoms with Gasteiger partial charge in [-0.05, 0) is 18.1 Å². The lowest BCUT2D eigenvalue weighted by atomic mass is 10.0. The van der Waals surface area contributed by atoms with Crippen molar-refractivity contribution in [3.05, 3.63) is 71.3 Å². The summed E-state index contributed by atoms with van der Waals surface area (Å²) in [6.07, 6.45) is -3.44. The molecule has 138 valence electrons. The van der Waals surface area contributed by atoms with Gasteiger partial charge in [0.1, 0.15) is 6.61 Å². The van der Waals surface area contributed by atoms with E-state index in [0.29, 0.717) is 0 Å². The van der Waals surface area contributed by atoms with Crippen molar-refractivity contribution in [3.8, 4) is 0 Å². The molecule has 5 nitrogen and oxygen atoms in total. The van der Waals surface area contributed by atoms with Gasteiger partial charge in [-0.2, -0.15) is 0 Å². The summed E-state index contributed by atoms with van der Waals surface area (Å²) in [6, 6.07) is 12.5. The van der Waals surface area contributed by atoms with E-state index in [-0.39, 0.29) is 24.3 Å². The van der Waals surface area contributed by atoms with Crippen LogP contribution in [-0.2, 0) is 16.1 Å². The van der Waals surface area contributed by atoms with E-state index in [2.05, 4.69) is 0 Å². The molecule has 0 aliphatic heterocycles. The molecule has 0 spiro atoms. The summed E-state index contributed by atoms with van der Waals surface area (Å²) in [6.45, 7) is 1.71. The van der Waals surface area contributed by atoms with Crippen molar-refractivity contribution in [2.24, 2.45) is 0 Å². The number of alkyl halides is 2. The molecule has 1 amide bonds. The molecule has 0 bridgehead atoms. The second-order valence-corrected chi connectivity index (χ2v) is 5.53. The van der Waals surface area contributed by atoms with E-state index in [1.807, 2.05) is 6.07 Å². The Morgan fingerprint density at radius 3 is 2.12 bits per heavy atom. The molecule has 2 aromatic carbocycles. The highest BCUT2D eigenvalue weighted by molar-refractivity contribution is 5.81. The van der Waals surface area contributed by atoms with Crippen LogP contribution in [-0.4, -0.2) is 28.6 Å². The van der Waals surface area contributed by atoms with E-state index in [0.717, 1.165) is 22.6 Å². The molecule has 7 heteroatoms. The lowest BCUT2D eigenvalue weighted by molar-refractivity contribution is -0.143. The molecule has 2 aromatic rings. The molecule has 0 aliphatic rings. The highest BCUT2D eigenvalue weighted by Gasteiger charge is 2.31. The molecule has 0 fully saturated rings. The van der Waals surface area contributed by atoms with E-state index in [9.17, 15) is 23.5 Å². The third kappa shape index (κ3) is 4.78. The van der Waals surface area contributed by atoms with Crippen LogP contribution in [0.4, 0.5) is 13.6 Å². The quantitative estimate of drug-likeness (QED) is 0.791. The number of carboxylic acids is 1. The zero-order valence-corrected chi connectivity index (χ0v) is 14.1. The molecule has 0 saturated carbocycles. The predicted octanol–water partition coefficient (Wildman–Crippen LogP) is 4.41. The molecule has 1 unspecified atom stereocenters. The first-order chi connectivity index (χ1) is 12.4. The molecular weight excluding hydrogens is 344 g/mol. The number of aliphatic carboxylic acids is 1. The van der Waals surface area contributed by atoms with Crippen LogP contribution in [0.3, 0.4) is 0 Å². The van der Waals surface area contributed by atoms with Crippen molar-refractivity contribution in [1.29, 1.82) is 0 Å². The molecule has 1 N–H and O–H groups in total. The van der Waals surface area contributed by atoms with E-state index >= 15 is 0 Å². The Balaban J connectivity index is 2.16. The number of carbonyl (C=O) groups excluding carboxylic acids is 1. The maximum absolute atomic E-state index is 12.7. The fourth-order valence-electron chi connectivity index (χ4n) is 2.50. The third-order valence-corrected chi connectivity index (χ3v) is 3.83. The smallest absolute Gasteiger partial charge is 0.411 e. The van der Waals surface area contributed by atoms with Crippen LogP contribution < -0.4 is 0 Å². The number of carbonyl (C=O) groups is 2. The highest BCUT2D eigenvalue weighted by Crippen LogP contribution is 2.25. The van der Waals surface area contributed by atoms with Gasteiger partial charge >= 0.3 is 12.1 Å². The summed E-state index contributed by atoms with van der Waals surface area (Å²) in [4.78, 5) is 25.1. The SMILES string of the molecule is CCN(C(=O)OCc1ccccc1)C(C(=O)O)c1ccc(C(F)F)cc1. The average Bonchev–Trinajstić information content (AvgIpc) is 2.64. The highest BCUT2D eigenvalue weighted by atomic mass is 19.3. The molecule has 0 radical (unpaired) electrons. The van der Waals surface area contributed by atoms with Gasteiger partial charge in [0.15, 0.2) is 6.04 Å². The van der Waals surface area contributed by atoms with Crippen molar-refractivity contribution in [2.75, 3.05) is 6.54 Å². The van der Waals surface area contributed by atoms with Crippen LogP contribution in [0.5, 0.6) is 0 Å². The summed E-state index contributed by atoms with van der Waals surface area (Å²) in [5.74, 6) is -1.27. The first-order valence-electron chi connectivity index (χ1n) is 8.02. The van der Waals surface area contributed by atoms with Crippen LogP contribution in [0.2, 0.25) is 0 Å². The van der Waals surface area contributed by atoms with Gasteiger partial charge in [0.25, 0.3) is 6.43 Å². The zero-order chi connectivity index (χ0) is 19.1. The van der Waals surface area contributed by atoms with E-state index < -0.39 is 24.5 Å². The van der Waals surface area contributed by atoms with Crippen molar-refractivity contribution < 1.29 is 28.2 Å². The lowest BCUT2D eigenvalue weighted by Gasteiger charge is -2.27. The first-order valence-corrected chi connectivity index (χ1v) is 8.02. The van der Waals surface area contributed by atoms with E-state index in [4.69, 9.17) is 4.74 Å². The van der Waals surface area contributed by atoms with Crippen molar-refractivity contribution >= 4 is 12.1 Å². The maximum Gasteiger partial charge on any atom is 0.411 e. The number of halogens is 2. The number of ether oxygens (including phenoxy) is 1. The molecular formula is C19H19F2NO4.